The predicted molar refractivity (Wildman–Crippen MR) is 83.3 cm³/mol. The normalized spacial score (nSPS) is 39.0. The zero-order chi connectivity index (χ0) is 14.0. The Balaban J connectivity index is 1.83. The van der Waals surface area contributed by atoms with Gasteiger partial charge in [0.2, 0.25) is 0 Å². The highest BCUT2D eigenvalue weighted by Crippen LogP contribution is 2.39. The van der Waals surface area contributed by atoms with Gasteiger partial charge in [0.1, 0.15) is 0 Å². The molecule has 0 aromatic heterocycles. The lowest BCUT2D eigenvalue weighted by Crippen LogP contribution is -2.44. The maximum Gasteiger partial charge on any atom is 0.0105 e. The van der Waals surface area contributed by atoms with Gasteiger partial charge >= 0.3 is 0 Å². The third-order valence-electron chi connectivity index (χ3n) is 5.71. The summed E-state index contributed by atoms with van der Waals surface area (Å²) in [7, 11) is 4.48. The SMILES string of the molecule is CNC1CCC(C(C)C)CC1CN(C)CC1CC1C. The Morgan fingerprint density at radius 3 is 2.26 bits per heavy atom. The summed E-state index contributed by atoms with van der Waals surface area (Å²) in [5, 5.41) is 3.57. The second-order valence-electron chi connectivity index (χ2n) is 7.67. The van der Waals surface area contributed by atoms with Gasteiger partial charge in [0.25, 0.3) is 0 Å². The van der Waals surface area contributed by atoms with Crippen molar-refractivity contribution in [3.05, 3.63) is 0 Å². The third-order valence-corrected chi connectivity index (χ3v) is 5.71. The molecule has 0 amide bonds. The highest BCUT2D eigenvalue weighted by molar-refractivity contribution is 4.89. The molecule has 5 atom stereocenters. The van der Waals surface area contributed by atoms with Crippen LogP contribution in [0.5, 0.6) is 0 Å². The van der Waals surface area contributed by atoms with Crippen molar-refractivity contribution in [2.45, 2.75) is 52.5 Å². The molecular formula is C17H34N2. The fourth-order valence-corrected chi connectivity index (χ4v) is 4.02. The largest absolute Gasteiger partial charge is 0.317 e. The molecule has 0 aromatic carbocycles. The van der Waals surface area contributed by atoms with Gasteiger partial charge in [0.05, 0.1) is 0 Å². The molecule has 5 unspecified atom stereocenters. The Morgan fingerprint density at radius 2 is 1.74 bits per heavy atom. The summed E-state index contributed by atoms with van der Waals surface area (Å²) >= 11 is 0. The quantitative estimate of drug-likeness (QED) is 0.794. The van der Waals surface area contributed by atoms with E-state index in [1.54, 1.807) is 0 Å². The van der Waals surface area contributed by atoms with E-state index >= 15 is 0 Å². The van der Waals surface area contributed by atoms with E-state index in [1.807, 2.05) is 0 Å². The number of hydrogen-bond donors (Lipinski definition) is 1. The van der Waals surface area contributed by atoms with Gasteiger partial charge in [-0.1, -0.05) is 20.8 Å². The maximum atomic E-state index is 3.57. The molecule has 1 N–H and O–H groups in total. The minimum Gasteiger partial charge on any atom is -0.317 e. The van der Waals surface area contributed by atoms with Crippen LogP contribution >= 0.6 is 0 Å². The highest BCUT2D eigenvalue weighted by atomic mass is 15.1. The van der Waals surface area contributed by atoms with Crippen LogP contribution in [0, 0.1) is 29.6 Å². The van der Waals surface area contributed by atoms with Crippen molar-refractivity contribution in [3.8, 4) is 0 Å². The van der Waals surface area contributed by atoms with Crippen LogP contribution in [0.25, 0.3) is 0 Å². The Kier molecular flexibility index (Phi) is 5.30. The van der Waals surface area contributed by atoms with Gasteiger partial charge in [0, 0.05) is 19.1 Å². The minimum absolute atomic E-state index is 0.745. The molecule has 2 aliphatic carbocycles. The Bertz CT molecular complexity index is 276. The van der Waals surface area contributed by atoms with Crippen molar-refractivity contribution in [2.75, 3.05) is 27.2 Å². The van der Waals surface area contributed by atoms with Crippen LogP contribution in [0.15, 0.2) is 0 Å². The fourth-order valence-electron chi connectivity index (χ4n) is 4.02. The monoisotopic (exact) mass is 266 g/mol. The molecule has 0 heterocycles. The summed E-state index contributed by atoms with van der Waals surface area (Å²) < 4.78 is 0. The van der Waals surface area contributed by atoms with E-state index in [-0.39, 0.29) is 0 Å². The van der Waals surface area contributed by atoms with Crippen LogP contribution in [0.2, 0.25) is 0 Å². The Morgan fingerprint density at radius 1 is 1.11 bits per heavy atom. The Labute approximate surface area is 120 Å². The standard InChI is InChI=1S/C17H34N2/c1-12(2)14-6-7-17(18-4)16(9-14)11-19(5)10-15-8-13(15)3/h12-18H,6-11H2,1-5H3. The van der Waals surface area contributed by atoms with Gasteiger partial charge in [-0.3, -0.25) is 0 Å². The average molecular weight is 266 g/mol. The van der Waals surface area contributed by atoms with Crippen molar-refractivity contribution in [1.82, 2.24) is 10.2 Å². The van der Waals surface area contributed by atoms with Crippen LogP contribution in [0.1, 0.15) is 46.5 Å². The summed E-state index contributed by atoms with van der Waals surface area (Å²) in [4.78, 5) is 2.60. The molecule has 2 nitrogen and oxygen atoms in total. The predicted octanol–water partition coefficient (Wildman–Crippen LogP) is 3.23. The van der Waals surface area contributed by atoms with Crippen molar-refractivity contribution >= 4 is 0 Å². The summed E-state index contributed by atoms with van der Waals surface area (Å²) in [6.45, 7) is 9.80. The van der Waals surface area contributed by atoms with E-state index in [0.29, 0.717) is 0 Å². The van der Waals surface area contributed by atoms with E-state index in [4.69, 9.17) is 0 Å². The van der Waals surface area contributed by atoms with Crippen molar-refractivity contribution < 1.29 is 0 Å². The first-order chi connectivity index (χ1) is 9.01. The van der Waals surface area contributed by atoms with E-state index in [2.05, 4.69) is 45.1 Å². The summed E-state index contributed by atoms with van der Waals surface area (Å²) in [6, 6.07) is 0.745. The molecule has 0 saturated heterocycles. The first-order valence-corrected chi connectivity index (χ1v) is 8.37. The molecule has 19 heavy (non-hydrogen) atoms. The minimum atomic E-state index is 0.745. The van der Waals surface area contributed by atoms with Gasteiger partial charge in [-0.25, -0.2) is 0 Å². The topological polar surface area (TPSA) is 15.3 Å². The first kappa shape index (κ1) is 15.3. The maximum absolute atomic E-state index is 3.57. The molecule has 0 radical (unpaired) electrons. The number of nitrogens with zero attached hydrogens (tertiary/aromatic N) is 1. The average Bonchev–Trinajstić information content (AvgIpc) is 3.04. The van der Waals surface area contributed by atoms with E-state index < -0.39 is 0 Å². The van der Waals surface area contributed by atoms with Crippen molar-refractivity contribution in [2.24, 2.45) is 29.6 Å². The van der Waals surface area contributed by atoms with Crippen molar-refractivity contribution in [1.29, 1.82) is 0 Å². The van der Waals surface area contributed by atoms with E-state index in [1.165, 1.54) is 38.8 Å². The number of rotatable bonds is 6. The first-order valence-electron chi connectivity index (χ1n) is 8.37. The molecule has 2 fully saturated rings. The summed E-state index contributed by atoms with van der Waals surface area (Å²) in [6.07, 6.45) is 5.67. The van der Waals surface area contributed by atoms with Crippen LogP contribution < -0.4 is 5.32 Å². The summed E-state index contributed by atoms with van der Waals surface area (Å²) in [5.74, 6) is 4.63. The number of nitrogens with one attached hydrogen (secondary N) is 1. The van der Waals surface area contributed by atoms with Gasteiger partial charge in [-0.2, -0.15) is 0 Å². The third kappa shape index (κ3) is 4.19. The van der Waals surface area contributed by atoms with E-state index in [0.717, 1.165) is 35.6 Å². The van der Waals surface area contributed by atoms with Crippen LogP contribution in [-0.2, 0) is 0 Å². The molecule has 0 aliphatic heterocycles. The second kappa shape index (κ2) is 6.58. The molecule has 0 bridgehead atoms. The molecule has 2 aliphatic rings. The zero-order valence-corrected chi connectivity index (χ0v) is 13.7. The Hall–Kier alpha value is -0.0800. The smallest absolute Gasteiger partial charge is 0.0105 e. The van der Waals surface area contributed by atoms with Gasteiger partial charge in [-0.05, 0) is 69.4 Å². The lowest BCUT2D eigenvalue weighted by molar-refractivity contribution is 0.134. The van der Waals surface area contributed by atoms with E-state index in [9.17, 15) is 0 Å². The molecule has 2 rings (SSSR count). The molecule has 112 valence electrons. The molecule has 2 heteroatoms. The highest BCUT2D eigenvalue weighted by Gasteiger charge is 2.35. The van der Waals surface area contributed by atoms with Crippen LogP contribution in [0.3, 0.4) is 0 Å². The van der Waals surface area contributed by atoms with Gasteiger partial charge in [0.15, 0.2) is 0 Å². The fraction of sp³-hybridized carbons (Fsp3) is 1.00. The van der Waals surface area contributed by atoms with Crippen LogP contribution in [0.4, 0.5) is 0 Å². The van der Waals surface area contributed by atoms with Crippen LogP contribution in [-0.4, -0.2) is 38.1 Å². The molecular weight excluding hydrogens is 232 g/mol. The molecule has 2 saturated carbocycles. The molecule has 0 spiro atoms. The van der Waals surface area contributed by atoms with Gasteiger partial charge in [-0.15, -0.1) is 0 Å². The lowest BCUT2D eigenvalue weighted by Gasteiger charge is -2.39. The second-order valence-corrected chi connectivity index (χ2v) is 7.67. The van der Waals surface area contributed by atoms with Crippen molar-refractivity contribution in [3.63, 3.8) is 0 Å². The summed E-state index contributed by atoms with van der Waals surface area (Å²) in [5.41, 5.74) is 0. The molecule has 0 aromatic rings. The number of hydrogen-bond acceptors (Lipinski definition) is 2. The van der Waals surface area contributed by atoms with Gasteiger partial charge < -0.3 is 10.2 Å². The zero-order valence-electron chi connectivity index (χ0n) is 13.7. The lowest BCUT2D eigenvalue weighted by atomic mass is 9.73.